The fourth-order valence-corrected chi connectivity index (χ4v) is 0.964. The predicted octanol–water partition coefficient (Wildman–Crippen LogP) is -1.61. The molecule has 0 radical (unpaired) electrons. The van der Waals surface area contributed by atoms with Gasteiger partial charge in [0.05, 0.1) is 19.1 Å². The molecule has 1 heterocycles. The Hall–Kier alpha value is -0.0800. The smallest absolute Gasteiger partial charge is 0.0686 e. The van der Waals surface area contributed by atoms with Crippen LogP contribution in [0.1, 0.15) is 6.42 Å². The van der Waals surface area contributed by atoms with E-state index in [0.717, 1.165) is 19.5 Å². The molecule has 7 heavy (non-hydrogen) atoms. The molecule has 0 aliphatic carbocycles. The molecule has 1 aliphatic heterocycles. The molecule has 1 saturated heterocycles. The van der Waals surface area contributed by atoms with Crippen molar-refractivity contribution in [2.24, 2.45) is 5.73 Å². The standard InChI is InChI=1S/C5H12N2/c1-7-3-2-5(6)4-7/h5,7H,1-4,6H2. The molecule has 0 aromatic carbocycles. The van der Waals surface area contributed by atoms with Gasteiger partial charge < -0.3 is 10.6 Å². The number of nitrogens with two attached hydrogens (primary N) is 1. The van der Waals surface area contributed by atoms with Gasteiger partial charge in [0.15, 0.2) is 0 Å². The van der Waals surface area contributed by atoms with Gasteiger partial charge in [-0.1, -0.05) is 0 Å². The summed E-state index contributed by atoms with van der Waals surface area (Å²) in [6.45, 7) is 2.21. The highest BCUT2D eigenvalue weighted by Crippen LogP contribution is 1.85. The van der Waals surface area contributed by atoms with Crippen molar-refractivity contribution < 1.29 is 4.90 Å². The zero-order valence-electron chi connectivity index (χ0n) is 4.48. The van der Waals surface area contributed by atoms with Crippen LogP contribution in [-0.4, -0.2) is 19.1 Å². The van der Waals surface area contributed by atoms with Gasteiger partial charge in [0.25, 0.3) is 0 Å². The molecule has 42 valence electrons. The zero-order chi connectivity index (χ0) is 5.28. The Morgan fingerprint density at radius 2 is 2.43 bits per heavy atom. The Morgan fingerprint density at radius 3 is 2.57 bits per heavy atom. The summed E-state index contributed by atoms with van der Waals surface area (Å²) in [7, 11) is 3.82. The van der Waals surface area contributed by atoms with Crippen molar-refractivity contribution in [1.82, 2.24) is 0 Å². The number of quaternary nitrogens is 1. The van der Waals surface area contributed by atoms with Gasteiger partial charge in [-0.15, -0.1) is 0 Å². The third-order valence-corrected chi connectivity index (χ3v) is 1.42. The molecular formula is C5H12N2. The summed E-state index contributed by atoms with van der Waals surface area (Å²) in [5.74, 6) is 0. The average Bonchev–Trinajstić information content (AvgIpc) is 1.87. The summed E-state index contributed by atoms with van der Waals surface area (Å²) < 4.78 is 0. The SMILES string of the molecule is [CH2-][NH+]1CCC(N)C1. The molecule has 0 aromatic rings. The van der Waals surface area contributed by atoms with Crippen LogP contribution in [0.5, 0.6) is 0 Å². The van der Waals surface area contributed by atoms with E-state index in [9.17, 15) is 0 Å². The molecule has 1 aliphatic rings. The molecule has 2 unspecified atom stereocenters. The Morgan fingerprint density at radius 1 is 1.71 bits per heavy atom. The summed E-state index contributed by atoms with van der Waals surface area (Å²) in [5.41, 5.74) is 5.56. The molecule has 0 saturated carbocycles. The third-order valence-electron chi connectivity index (χ3n) is 1.42. The van der Waals surface area contributed by atoms with Gasteiger partial charge in [-0.25, -0.2) is 0 Å². The maximum absolute atomic E-state index is 5.56. The zero-order valence-corrected chi connectivity index (χ0v) is 4.48. The van der Waals surface area contributed by atoms with Gasteiger partial charge in [0.1, 0.15) is 0 Å². The molecular weight excluding hydrogens is 88.1 g/mol. The summed E-state index contributed by atoms with van der Waals surface area (Å²) in [5, 5.41) is 0. The first kappa shape index (κ1) is 5.06. The Balaban J connectivity index is 2.26. The van der Waals surface area contributed by atoms with Crippen LogP contribution in [0.25, 0.3) is 0 Å². The van der Waals surface area contributed by atoms with Crippen molar-refractivity contribution in [3.05, 3.63) is 7.05 Å². The Bertz CT molecular complexity index is 55.1. The topological polar surface area (TPSA) is 30.5 Å². The molecule has 2 heteroatoms. The minimum atomic E-state index is 0.424. The van der Waals surface area contributed by atoms with Crippen molar-refractivity contribution in [2.75, 3.05) is 13.1 Å². The van der Waals surface area contributed by atoms with E-state index in [4.69, 9.17) is 5.73 Å². The van der Waals surface area contributed by atoms with E-state index in [0.29, 0.717) is 6.04 Å². The second-order valence-electron chi connectivity index (χ2n) is 2.25. The molecule has 2 atom stereocenters. The predicted molar refractivity (Wildman–Crippen MR) is 28.6 cm³/mol. The van der Waals surface area contributed by atoms with Crippen molar-refractivity contribution in [1.29, 1.82) is 0 Å². The maximum Gasteiger partial charge on any atom is 0.0686 e. The molecule has 1 fully saturated rings. The van der Waals surface area contributed by atoms with Gasteiger partial charge in [0, 0.05) is 6.42 Å². The minimum absolute atomic E-state index is 0.424. The molecule has 0 aromatic heterocycles. The molecule has 3 N–H and O–H groups in total. The van der Waals surface area contributed by atoms with Crippen LogP contribution in [0.2, 0.25) is 0 Å². The number of rotatable bonds is 0. The van der Waals surface area contributed by atoms with Gasteiger partial charge >= 0.3 is 0 Å². The van der Waals surface area contributed by atoms with E-state index >= 15 is 0 Å². The quantitative estimate of drug-likeness (QED) is 0.353. The highest BCUT2D eigenvalue weighted by molar-refractivity contribution is 4.62. The molecule has 0 spiro atoms. The van der Waals surface area contributed by atoms with Gasteiger partial charge in [-0.2, -0.15) is 7.05 Å². The van der Waals surface area contributed by atoms with E-state index in [2.05, 4.69) is 7.05 Å². The first-order valence-electron chi connectivity index (χ1n) is 2.71. The van der Waals surface area contributed by atoms with Crippen molar-refractivity contribution in [3.63, 3.8) is 0 Å². The van der Waals surface area contributed by atoms with E-state index in [1.807, 2.05) is 0 Å². The first-order chi connectivity index (χ1) is 3.29. The van der Waals surface area contributed by atoms with Crippen LogP contribution < -0.4 is 10.6 Å². The van der Waals surface area contributed by atoms with Crippen LogP contribution in [-0.2, 0) is 0 Å². The minimum Gasteiger partial charge on any atom is -0.466 e. The van der Waals surface area contributed by atoms with Crippen LogP contribution in [0.3, 0.4) is 0 Å². The first-order valence-corrected chi connectivity index (χ1v) is 2.71. The van der Waals surface area contributed by atoms with Crippen molar-refractivity contribution in [2.45, 2.75) is 12.5 Å². The van der Waals surface area contributed by atoms with E-state index in [1.165, 1.54) is 4.90 Å². The second kappa shape index (κ2) is 1.80. The van der Waals surface area contributed by atoms with Gasteiger partial charge in [0.2, 0.25) is 0 Å². The summed E-state index contributed by atoms with van der Waals surface area (Å²) in [4.78, 5) is 1.33. The largest absolute Gasteiger partial charge is 0.466 e. The molecule has 0 amide bonds. The van der Waals surface area contributed by atoms with Gasteiger partial charge in [-0.3, -0.25) is 0 Å². The highest BCUT2D eigenvalue weighted by Gasteiger charge is 2.14. The third kappa shape index (κ3) is 1.14. The van der Waals surface area contributed by atoms with Gasteiger partial charge in [-0.05, 0) is 0 Å². The highest BCUT2D eigenvalue weighted by atomic mass is 15.1. The van der Waals surface area contributed by atoms with Crippen molar-refractivity contribution in [3.8, 4) is 0 Å². The van der Waals surface area contributed by atoms with Crippen molar-refractivity contribution >= 4 is 0 Å². The Kier molecular flexibility index (Phi) is 1.30. The number of likely N-dealkylation sites (tertiary alicyclic amines) is 1. The van der Waals surface area contributed by atoms with Crippen LogP contribution in [0.15, 0.2) is 0 Å². The van der Waals surface area contributed by atoms with Crippen LogP contribution >= 0.6 is 0 Å². The van der Waals surface area contributed by atoms with Crippen LogP contribution in [0.4, 0.5) is 0 Å². The van der Waals surface area contributed by atoms with E-state index in [1.54, 1.807) is 0 Å². The monoisotopic (exact) mass is 100 g/mol. The summed E-state index contributed by atoms with van der Waals surface area (Å²) in [6.07, 6.45) is 1.15. The molecule has 0 bridgehead atoms. The fourth-order valence-electron chi connectivity index (χ4n) is 0.964. The fraction of sp³-hybridized carbons (Fsp3) is 0.800. The lowest BCUT2D eigenvalue weighted by atomic mass is 10.3. The maximum atomic E-state index is 5.56. The van der Waals surface area contributed by atoms with E-state index in [-0.39, 0.29) is 0 Å². The molecule has 2 nitrogen and oxygen atoms in total. The lowest BCUT2D eigenvalue weighted by molar-refractivity contribution is -0.840. The number of nitrogens with one attached hydrogen (secondary N) is 1. The lowest BCUT2D eigenvalue weighted by Crippen LogP contribution is -3.05. The van der Waals surface area contributed by atoms with Crippen LogP contribution in [0, 0.1) is 7.05 Å². The summed E-state index contributed by atoms with van der Waals surface area (Å²) in [6, 6.07) is 0.424. The summed E-state index contributed by atoms with van der Waals surface area (Å²) >= 11 is 0. The normalized spacial score (nSPS) is 42.0. The average molecular weight is 100 g/mol. The number of hydrogen-bond donors (Lipinski definition) is 2. The second-order valence-corrected chi connectivity index (χ2v) is 2.25. The Labute approximate surface area is 44.3 Å². The number of hydrogen-bond acceptors (Lipinski definition) is 1. The lowest BCUT2D eigenvalue weighted by Gasteiger charge is -2.10. The van der Waals surface area contributed by atoms with E-state index < -0.39 is 0 Å². The molecule has 1 rings (SSSR count).